The van der Waals surface area contributed by atoms with Crippen LogP contribution in [-0.4, -0.2) is 45.6 Å². The van der Waals surface area contributed by atoms with Gasteiger partial charge in [0.25, 0.3) is 0 Å². The fourth-order valence-electron chi connectivity index (χ4n) is 2.73. The highest BCUT2D eigenvalue weighted by Gasteiger charge is 2.32. The SMILES string of the molecule is CCC1CCC(C)N1C(=O)NCCc1nc(C(=O)O)cs1. The molecule has 2 heterocycles. The second-order valence-electron chi connectivity index (χ2n) is 5.31. The first-order chi connectivity index (χ1) is 10.0. The van der Waals surface area contributed by atoms with Gasteiger partial charge in [-0.2, -0.15) is 0 Å². The first-order valence-corrected chi connectivity index (χ1v) is 8.14. The molecular weight excluding hydrogens is 290 g/mol. The molecule has 1 aliphatic heterocycles. The Bertz CT molecular complexity index is 517. The number of rotatable bonds is 5. The Morgan fingerprint density at radius 2 is 2.29 bits per heavy atom. The van der Waals surface area contributed by atoms with Crippen LogP contribution in [0.1, 0.15) is 48.6 Å². The summed E-state index contributed by atoms with van der Waals surface area (Å²) in [6, 6.07) is 0.591. The van der Waals surface area contributed by atoms with E-state index in [1.807, 2.05) is 4.90 Å². The van der Waals surface area contributed by atoms with Crippen LogP contribution in [0.15, 0.2) is 5.38 Å². The first kappa shape index (κ1) is 15.8. The topological polar surface area (TPSA) is 82.5 Å². The zero-order chi connectivity index (χ0) is 15.4. The number of carboxylic acids is 1. The van der Waals surface area contributed by atoms with Gasteiger partial charge < -0.3 is 15.3 Å². The lowest BCUT2D eigenvalue weighted by Gasteiger charge is -2.28. The Balaban J connectivity index is 1.82. The van der Waals surface area contributed by atoms with Crippen molar-refractivity contribution in [2.75, 3.05) is 6.54 Å². The van der Waals surface area contributed by atoms with Crippen LogP contribution in [0, 0.1) is 0 Å². The van der Waals surface area contributed by atoms with Crippen LogP contribution in [0.3, 0.4) is 0 Å². The van der Waals surface area contributed by atoms with E-state index < -0.39 is 5.97 Å². The molecule has 21 heavy (non-hydrogen) atoms. The van der Waals surface area contributed by atoms with Crippen LogP contribution in [0.4, 0.5) is 4.79 Å². The second kappa shape index (κ2) is 6.89. The lowest BCUT2D eigenvalue weighted by Crippen LogP contribution is -2.46. The molecule has 2 atom stereocenters. The Kier molecular flexibility index (Phi) is 5.17. The summed E-state index contributed by atoms with van der Waals surface area (Å²) in [6.07, 6.45) is 3.66. The minimum atomic E-state index is -1.02. The van der Waals surface area contributed by atoms with Crippen LogP contribution in [0.5, 0.6) is 0 Å². The van der Waals surface area contributed by atoms with Crippen LogP contribution in [0.2, 0.25) is 0 Å². The van der Waals surface area contributed by atoms with Crippen molar-refractivity contribution in [3.05, 3.63) is 16.1 Å². The number of nitrogens with zero attached hydrogens (tertiary/aromatic N) is 2. The van der Waals surface area contributed by atoms with Crippen LogP contribution in [0.25, 0.3) is 0 Å². The number of nitrogens with one attached hydrogen (secondary N) is 1. The Labute approximate surface area is 128 Å². The Morgan fingerprint density at radius 3 is 2.90 bits per heavy atom. The molecule has 7 heteroatoms. The summed E-state index contributed by atoms with van der Waals surface area (Å²) in [6.45, 7) is 4.66. The molecule has 0 bridgehead atoms. The number of aromatic carboxylic acids is 1. The molecule has 2 N–H and O–H groups in total. The molecule has 1 fully saturated rings. The number of urea groups is 1. The lowest BCUT2D eigenvalue weighted by atomic mass is 10.2. The maximum Gasteiger partial charge on any atom is 0.355 e. The molecule has 2 amide bonds. The van der Waals surface area contributed by atoms with Crippen LogP contribution < -0.4 is 5.32 Å². The van der Waals surface area contributed by atoms with Gasteiger partial charge >= 0.3 is 12.0 Å². The van der Waals surface area contributed by atoms with Crippen molar-refractivity contribution in [3.8, 4) is 0 Å². The number of carboxylic acid groups (broad SMARTS) is 1. The zero-order valence-corrected chi connectivity index (χ0v) is 13.2. The number of carbonyl (C=O) groups excluding carboxylic acids is 1. The van der Waals surface area contributed by atoms with Crippen LogP contribution in [-0.2, 0) is 6.42 Å². The standard InChI is InChI=1S/C14H21N3O3S/c1-3-10-5-4-9(2)17(10)14(20)15-7-6-12-16-11(8-21-12)13(18)19/h8-10H,3-7H2,1-2H3,(H,15,20)(H,18,19). The molecule has 1 aromatic rings. The highest BCUT2D eigenvalue weighted by molar-refractivity contribution is 7.09. The van der Waals surface area contributed by atoms with Crippen molar-refractivity contribution in [1.29, 1.82) is 0 Å². The van der Waals surface area contributed by atoms with Gasteiger partial charge in [-0.05, 0) is 26.2 Å². The zero-order valence-electron chi connectivity index (χ0n) is 12.3. The molecule has 0 aromatic carbocycles. The van der Waals surface area contributed by atoms with E-state index in [0.717, 1.165) is 24.3 Å². The van der Waals surface area contributed by atoms with Gasteiger partial charge in [-0.25, -0.2) is 14.6 Å². The summed E-state index contributed by atoms with van der Waals surface area (Å²) in [5.41, 5.74) is 0.0699. The molecule has 0 radical (unpaired) electrons. The number of hydrogen-bond donors (Lipinski definition) is 2. The number of likely N-dealkylation sites (tertiary alicyclic amines) is 1. The van der Waals surface area contributed by atoms with Gasteiger partial charge in [0.15, 0.2) is 5.69 Å². The third-order valence-corrected chi connectivity index (χ3v) is 4.79. The second-order valence-corrected chi connectivity index (χ2v) is 6.25. The Hall–Kier alpha value is -1.63. The van der Waals surface area contributed by atoms with Gasteiger partial charge in [-0.3, -0.25) is 0 Å². The van der Waals surface area contributed by atoms with Crippen molar-refractivity contribution in [1.82, 2.24) is 15.2 Å². The maximum absolute atomic E-state index is 12.2. The monoisotopic (exact) mass is 311 g/mol. The van der Waals surface area contributed by atoms with E-state index >= 15 is 0 Å². The number of carbonyl (C=O) groups is 2. The third-order valence-electron chi connectivity index (χ3n) is 3.88. The number of hydrogen-bond acceptors (Lipinski definition) is 4. The number of thiazole rings is 1. The van der Waals surface area contributed by atoms with Gasteiger partial charge in [-0.1, -0.05) is 6.92 Å². The van der Waals surface area contributed by atoms with Crippen LogP contribution >= 0.6 is 11.3 Å². The summed E-state index contributed by atoms with van der Waals surface area (Å²) in [4.78, 5) is 28.9. The predicted molar refractivity (Wildman–Crippen MR) is 80.8 cm³/mol. The summed E-state index contributed by atoms with van der Waals surface area (Å²) >= 11 is 1.31. The van der Waals surface area contributed by atoms with Gasteiger partial charge in [-0.15, -0.1) is 11.3 Å². The Morgan fingerprint density at radius 1 is 1.52 bits per heavy atom. The summed E-state index contributed by atoms with van der Waals surface area (Å²) in [5, 5.41) is 14.0. The minimum Gasteiger partial charge on any atom is -0.476 e. The lowest BCUT2D eigenvalue weighted by molar-refractivity contribution is 0.0691. The molecule has 1 aromatic heterocycles. The fraction of sp³-hybridized carbons (Fsp3) is 0.643. The van der Waals surface area contributed by atoms with Gasteiger partial charge in [0.05, 0.1) is 5.01 Å². The van der Waals surface area contributed by atoms with Gasteiger partial charge in [0.1, 0.15) is 0 Å². The molecule has 116 valence electrons. The molecule has 6 nitrogen and oxygen atoms in total. The smallest absolute Gasteiger partial charge is 0.355 e. The minimum absolute atomic E-state index is 0.0261. The summed E-state index contributed by atoms with van der Waals surface area (Å²) < 4.78 is 0. The van der Waals surface area contributed by atoms with Crippen molar-refractivity contribution in [2.45, 2.75) is 51.6 Å². The average Bonchev–Trinajstić information content (AvgIpc) is 3.05. The average molecular weight is 311 g/mol. The maximum atomic E-state index is 12.2. The van der Waals surface area contributed by atoms with Crippen molar-refractivity contribution < 1.29 is 14.7 Å². The van der Waals surface area contributed by atoms with E-state index in [1.54, 1.807) is 0 Å². The number of aromatic nitrogens is 1. The molecule has 2 unspecified atom stereocenters. The van der Waals surface area contributed by atoms with E-state index in [-0.39, 0.29) is 17.8 Å². The molecule has 1 aliphatic rings. The predicted octanol–water partition coefficient (Wildman–Crippen LogP) is 2.36. The molecule has 1 saturated heterocycles. The molecule has 0 aliphatic carbocycles. The van der Waals surface area contributed by atoms with Gasteiger partial charge in [0.2, 0.25) is 0 Å². The molecular formula is C14H21N3O3S. The largest absolute Gasteiger partial charge is 0.476 e. The van der Waals surface area contributed by atoms with Crippen molar-refractivity contribution in [3.63, 3.8) is 0 Å². The molecule has 0 spiro atoms. The fourth-order valence-corrected chi connectivity index (χ4v) is 3.50. The molecule has 0 saturated carbocycles. The quantitative estimate of drug-likeness (QED) is 0.874. The van der Waals surface area contributed by atoms with E-state index in [9.17, 15) is 9.59 Å². The summed E-state index contributed by atoms with van der Waals surface area (Å²) in [7, 11) is 0. The van der Waals surface area contributed by atoms with Gasteiger partial charge in [0, 0.05) is 30.4 Å². The van der Waals surface area contributed by atoms with E-state index in [4.69, 9.17) is 5.11 Å². The molecule has 2 rings (SSSR count). The van der Waals surface area contributed by atoms with Crippen molar-refractivity contribution >= 4 is 23.3 Å². The van der Waals surface area contributed by atoms with E-state index in [1.165, 1.54) is 16.7 Å². The first-order valence-electron chi connectivity index (χ1n) is 7.26. The normalized spacial score (nSPS) is 21.5. The van der Waals surface area contributed by atoms with E-state index in [2.05, 4.69) is 24.1 Å². The third kappa shape index (κ3) is 3.72. The highest BCUT2D eigenvalue weighted by atomic mass is 32.1. The number of amides is 2. The highest BCUT2D eigenvalue weighted by Crippen LogP contribution is 2.25. The summed E-state index contributed by atoms with van der Waals surface area (Å²) in [5.74, 6) is -1.02. The van der Waals surface area contributed by atoms with E-state index in [0.29, 0.717) is 19.0 Å². The van der Waals surface area contributed by atoms with Crippen molar-refractivity contribution in [2.24, 2.45) is 0 Å².